The number of aliphatic hydroxyl groups excluding tert-OH is 1. The molecule has 3 rings (SSSR count). The number of ether oxygens (including phenoxy) is 1. The molecule has 0 fully saturated rings. The van der Waals surface area contributed by atoms with Gasteiger partial charge in [0.2, 0.25) is 0 Å². The van der Waals surface area contributed by atoms with Crippen LogP contribution in [0.2, 0.25) is 0 Å². The molecule has 3 aromatic rings. The van der Waals surface area contributed by atoms with Gasteiger partial charge in [0.25, 0.3) is 0 Å². The third-order valence-corrected chi connectivity index (χ3v) is 3.69. The van der Waals surface area contributed by atoms with Crippen LogP contribution in [0.3, 0.4) is 0 Å². The number of nitrogens with zero attached hydrogens (tertiary/aromatic N) is 3. The summed E-state index contributed by atoms with van der Waals surface area (Å²) in [6.45, 7) is 5.20. The van der Waals surface area contributed by atoms with Crippen LogP contribution in [0.15, 0.2) is 42.7 Å². The average Bonchev–Trinajstić information content (AvgIpc) is 3.02. The third-order valence-electron chi connectivity index (χ3n) is 3.69. The average molecular weight is 326 g/mol. The molecule has 0 unspecified atom stereocenters. The molecule has 0 aliphatic heterocycles. The lowest BCUT2D eigenvalue weighted by molar-refractivity contribution is 0.201. The predicted octanol–water partition coefficient (Wildman–Crippen LogP) is 3.00. The zero-order chi connectivity index (χ0) is 16.9. The number of pyridine rings is 1. The highest BCUT2D eigenvalue weighted by Crippen LogP contribution is 2.19. The summed E-state index contributed by atoms with van der Waals surface area (Å²) in [4.78, 5) is 4.54. The summed E-state index contributed by atoms with van der Waals surface area (Å²) in [5.74, 6) is 0.749. The van der Waals surface area contributed by atoms with Gasteiger partial charge in [-0.3, -0.25) is 0 Å². The largest absolute Gasteiger partial charge is 0.491 e. The second kappa shape index (κ2) is 7.31. The minimum Gasteiger partial charge on any atom is -0.491 e. The van der Waals surface area contributed by atoms with Gasteiger partial charge >= 0.3 is 0 Å². The van der Waals surface area contributed by atoms with Gasteiger partial charge in [0.15, 0.2) is 5.65 Å². The number of hydrogen-bond donors (Lipinski definition) is 2. The van der Waals surface area contributed by atoms with Crippen molar-refractivity contribution in [3.05, 3.63) is 48.3 Å². The Hall–Kier alpha value is -2.60. The topological polar surface area (TPSA) is 72.2 Å². The van der Waals surface area contributed by atoms with Gasteiger partial charge in [-0.1, -0.05) is 0 Å². The summed E-state index contributed by atoms with van der Waals surface area (Å²) in [6, 6.07) is 10.1. The highest BCUT2D eigenvalue weighted by atomic mass is 16.5. The fourth-order valence-corrected chi connectivity index (χ4v) is 2.50. The Morgan fingerprint density at radius 3 is 2.71 bits per heavy atom. The van der Waals surface area contributed by atoms with Gasteiger partial charge in [-0.2, -0.15) is 5.10 Å². The molecule has 6 heteroatoms. The van der Waals surface area contributed by atoms with E-state index in [4.69, 9.17) is 9.84 Å². The lowest BCUT2D eigenvalue weighted by Gasteiger charge is -2.09. The van der Waals surface area contributed by atoms with Crippen molar-refractivity contribution >= 4 is 16.7 Å². The Labute approximate surface area is 141 Å². The lowest BCUT2D eigenvalue weighted by Crippen LogP contribution is -2.04. The van der Waals surface area contributed by atoms with Crippen LogP contribution in [0, 0.1) is 0 Å². The molecule has 6 nitrogen and oxygen atoms in total. The fraction of sp³-hybridized carbons (Fsp3) is 0.333. The molecule has 0 saturated heterocycles. The Bertz CT molecular complexity index is 796. The van der Waals surface area contributed by atoms with Crippen LogP contribution in [-0.4, -0.2) is 33.1 Å². The van der Waals surface area contributed by atoms with Gasteiger partial charge in [0, 0.05) is 29.9 Å². The second-order valence-electron chi connectivity index (χ2n) is 5.89. The molecule has 24 heavy (non-hydrogen) atoms. The van der Waals surface area contributed by atoms with Crippen molar-refractivity contribution in [1.29, 1.82) is 0 Å². The molecule has 0 aliphatic rings. The number of anilines is 1. The first-order valence-corrected chi connectivity index (χ1v) is 8.07. The highest BCUT2D eigenvalue weighted by Gasteiger charge is 2.07. The quantitative estimate of drug-likeness (QED) is 0.698. The van der Waals surface area contributed by atoms with Crippen LogP contribution < -0.4 is 10.1 Å². The van der Waals surface area contributed by atoms with Crippen LogP contribution in [-0.2, 0) is 6.54 Å². The van der Waals surface area contributed by atoms with Gasteiger partial charge in [-0.25, -0.2) is 9.67 Å². The SMILES string of the molecule is CC(C)n1ncc2cc(CNc3ccc(OCCO)cc3)cnc21. The van der Waals surface area contributed by atoms with Crippen molar-refractivity contribution in [2.24, 2.45) is 0 Å². The van der Waals surface area contributed by atoms with E-state index in [2.05, 4.69) is 35.3 Å². The normalized spacial score (nSPS) is 11.2. The number of benzene rings is 1. The number of aliphatic hydroxyl groups is 1. The Morgan fingerprint density at radius 2 is 2.00 bits per heavy atom. The first-order valence-electron chi connectivity index (χ1n) is 8.07. The third kappa shape index (κ3) is 3.65. The van der Waals surface area contributed by atoms with E-state index in [-0.39, 0.29) is 6.61 Å². The summed E-state index contributed by atoms with van der Waals surface area (Å²) in [5.41, 5.74) is 3.02. The molecule has 0 atom stereocenters. The summed E-state index contributed by atoms with van der Waals surface area (Å²) >= 11 is 0. The van der Waals surface area contributed by atoms with E-state index in [9.17, 15) is 0 Å². The van der Waals surface area contributed by atoms with Crippen LogP contribution in [0.25, 0.3) is 11.0 Å². The van der Waals surface area contributed by atoms with Crippen molar-refractivity contribution in [3.8, 4) is 5.75 Å². The van der Waals surface area contributed by atoms with Gasteiger partial charge in [-0.05, 0) is 49.7 Å². The Balaban J connectivity index is 1.65. The molecule has 1 aromatic carbocycles. The molecule has 2 aromatic heterocycles. The molecule has 2 heterocycles. The Morgan fingerprint density at radius 1 is 1.21 bits per heavy atom. The molecule has 0 aliphatic carbocycles. The minimum absolute atomic E-state index is 0.0167. The lowest BCUT2D eigenvalue weighted by atomic mass is 10.2. The second-order valence-corrected chi connectivity index (χ2v) is 5.89. The van der Waals surface area contributed by atoms with E-state index >= 15 is 0 Å². The van der Waals surface area contributed by atoms with Gasteiger partial charge < -0.3 is 15.2 Å². The Kier molecular flexibility index (Phi) is 4.96. The summed E-state index contributed by atoms with van der Waals surface area (Å²) in [5, 5.41) is 17.6. The van der Waals surface area contributed by atoms with E-state index in [1.165, 1.54) is 0 Å². The zero-order valence-electron chi connectivity index (χ0n) is 13.9. The number of hydrogen-bond acceptors (Lipinski definition) is 5. The van der Waals surface area contributed by atoms with Crippen LogP contribution in [0.5, 0.6) is 5.75 Å². The molecular formula is C18H22N4O2. The number of rotatable bonds is 7. The monoisotopic (exact) mass is 326 g/mol. The molecular weight excluding hydrogens is 304 g/mol. The van der Waals surface area contributed by atoms with E-state index in [0.717, 1.165) is 28.0 Å². The molecule has 0 amide bonds. The van der Waals surface area contributed by atoms with Crippen LogP contribution >= 0.6 is 0 Å². The first kappa shape index (κ1) is 16.3. The first-order chi connectivity index (χ1) is 11.7. The van der Waals surface area contributed by atoms with E-state index in [1.54, 1.807) is 0 Å². The fourth-order valence-electron chi connectivity index (χ4n) is 2.50. The number of nitrogens with one attached hydrogen (secondary N) is 1. The van der Waals surface area contributed by atoms with Crippen molar-refractivity contribution in [1.82, 2.24) is 14.8 Å². The molecule has 0 spiro atoms. The zero-order valence-corrected chi connectivity index (χ0v) is 13.9. The van der Waals surface area contributed by atoms with E-state index in [0.29, 0.717) is 19.2 Å². The number of fused-ring (bicyclic) bond motifs is 1. The molecule has 126 valence electrons. The maximum absolute atomic E-state index is 8.75. The van der Waals surface area contributed by atoms with Crippen molar-refractivity contribution in [2.75, 3.05) is 18.5 Å². The van der Waals surface area contributed by atoms with Crippen molar-refractivity contribution < 1.29 is 9.84 Å². The molecule has 0 saturated carbocycles. The van der Waals surface area contributed by atoms with Crippen LogP contribution in [0.4, 0.5) is 5.69 Å². The predicted molar refractivity (Wildman–Crippen MR) is 94.3 cm³/mol. The van der Waals surface area contributed by atoms with E-state index in [1.807, 2.05) is 41.3 Å². The van der Waals surface area contributed by atoms with Crippen molar-refractivity contribution in [3.63, 3.8) is 0 Å². The van der Waals surface area contributed by atoms with Gasteiger partial charge in [0.1, 0.15) is 12.4 Å². The van der Waals surface area contributed by atoms with Crippen LogP contribution in [0.1, 0.15) is 25.5 Å². The number of aromatic nitrogens is 3. The van der Waals surface area contributed by atoms with E-state index < -0.39 is 0 Å². The standard InChI is InChI=1S/C18H22N4O2/c1-13(2)22-18-15(12-21-22)9-14(11-20-18)10-19-16-3-5-17(6-4-16)24-8-7-23/h3-6,9,11-13,19,23H,7-8,10H2,1-2H3. The highest BCUT2D eigenvalue weighted by molar-refractivity contribution is 5.75. The van der Waals surface area contributed by atoms with Gasteiger partial charge in [0.05, 0.1) is 12.8 Å². The summed E-state index contributed by atoms with van der Waals surface area (Å²) < 4.78 is 7.27. The smallest absolute Gasteiger partial charge is 0.157 e. The maximum atomic E-state index is 8.75. The molecule has 0 bridgehead atoms. The molecule has 2 N–H and O–H groups in total. The summed E-state index contributed by atoms with van der Waals surface area (Å²) in [7, 11) is 0. The molecule has 0 radical (unpaired) electrons. The summed E-state index contributed by atoms with van der Waals surface area (Å²) in [6.07, 6.45) is 3.74. The maximum Gasteiger partial charge on any atom is 0.157 e. The minimum atomic E-state index is 0.0167. The van der Waals surface area contributed by atoms with Gasteiger partial charge in [-0.15, -0.1) is 0 Å². The van der Waals surface area contributed by atoms with Crippen molar-refractivity contribution in [2.45, 2.75) is 26.4 Å².